The van der Waals surface area contributed by atoms with Crippen molar-refractivity contribution < 1.29 is 27.9 Å². The van der Waals surface area contributed by atoms with Crippen LogP contribution in [0.25, 0.3) is 0 Å². The first-order chi connectivity index (χ1) is 14.3. The monoisotopic (exact) mass is 437 g/mol. The summed E-state index contributed by atoms with van der Waals surface area (Å²) in [5.74, 6) is -0.368. The van der Waals surface area contributed by atoms with Gasteiger partial charge in [-0.3, -0.25) is 10.0 Å². The van der Waals surface area contributed by atoms with Crippen LogP contribution in [0.2, 0.25) is 0 Å². The summed E-state index contributed by atoms with van der Waals surface area (Å²) in [7, 11) is 0. The van der Waals surface area contributed by atoms with E-state index in [2.05, 4.69) is 0 Å². The van der Waals surface area contributed by atoms with Crippen molar-refractivity contribution in [1.29, 1.82) is 5.26 Å². The van der Waals surface area contributed by atoms with Crippen LogP contribution in [-0.2, 0) is 6.18 Å². The Kier molecular flexibility index (Phi) is 6.87. The Morgan fingerprint density at radius 1 is 1.20 bits per heavy atom. The number of hydrogen-bond acceptors (Lipinski definition) is 6. The van der Waals surface area contributed by atoms with Gasteiger partial charge in [-0.1, -0.05) is 6.07 Å². The molecule has 0 radical (unpaired) electrons. The van der Waals surface area contributed by atoms with Crippen molar-refractivity contribution >= 4 is 17.9 Å². The molecule has 1 heterocycles. The van der Waals surface area contributed by atoms with Crippen molar-refractivity contribution in [2.45, 2.75) is 30.0 Å². The summed E-state index contributed by atoms with van der Waals surface area (Å²) in [4.78, 5) is 12.5. The number of carbonyl (C=O) groups is 1. The zero-order valence-electron chi connectivity index (χ0n) is 15.6. The molecule has 1 fully saturated rings. The number of piperidine rings is 1. The molecule has 0 unspecified atom stereocenters. The smallest absolute Gasteiger partial charge is 0.416 e. The molecule has 1 saturated heterocycles. The number of nitrogens with zero attached hydrogens (tertiary/aromatic N) is 2. The third-order valence-electron chi connectivity index (χ3n) is 4.59. The van der Waals surface area contributed by atoms with E-state index in [-0.39, 0.29) is 17.2 Å². The first-order valence-corrected chi connectivity index (χ1v) is 9.83. The minimum atomic E-state index is -4.38. The van der Waals surface area contributed by atoms with Gasteiger partial charge in [-0.25, -0.2) is 9.79 Å². The molecule has 1 aliphatic heterocycles. The molecule has 6 nitrogen and oxygen atoms in total. The van der Waals surface area contributed by atoms with Crippen molar-refractivity contribution in [2.24, 2.45) is 0 Å². The van der Waals surface area contributed by atoms with Gasteiger partial charge >= 0.3 is 6.18 Å². The van der Waals surface area contributed by atoms with Crippen LogP contribution in [0, 0.1) is 11.3 Å². The SMILES string of the molecule is N#Cc1cccc(SN2CCC(Oc3ccc(C(F)(F)F)cc3)CC2)c1C(=O)NO. The second kappa shape index (κ2) is 9.38. The zero-order valence-corrected chi connectivity index (χ0v) is 16.5. The van der Waals surface area contributed by atoms with E-state index in [1.54, 1.807) is 17.6 Å². The van der Waals surface area contributed by atoms with E-state index in [0.717, 1.165) is 12.1 Å². The summed E-state index contributed by atoms with van der Waals surface area (Å²) in [5, 5.41) is 18.2. The molecule has 0 spiro atoms. The molecule has 2 N–H and O–H groups in total. The number of alkyl halides is 3. The average Bonchev–Trinajstić information content (AvgIpc) is 2.74. The third-order valence-corrected chi connectivity index (χ3v) is 5.75. The molecule has 0 bridgehead atoms. The first kappa shape index (κ1) is 22.0. The molecular formula is C20H18F3N3O3S. The summed E-state index contributed by atoms with van der Waals surface area (Å²) in [5.41, 5.74) is 1.12. The van der Waals surface area contributed by atoms with E-state index >= 15 is 0 Å². The Hall–Kier alpha value is -2.74. The molecule has 158 valence electrons. The quantitative estimate of drug-likeness (QED) is 0.413. The lowest BCUT2D eigenvalue weighted by atomic mass is 10.1. The van der Waals surface area contributed by atoms with Crippen LogP contribution in [0.3, 0.4) is 0 Å². The van der Waals surface area contributed by atoms with Crippen LogP contribution >= 0.6 is 11.9 Å². The van der Waals surface area contributed by atoms with Gasteiger partial charge in [-0.05, 0) is 61.2 Å². The molecular weight excluding hydrogens is 419 g/mol. The lowest BCUT2D eigenvalue weighted by Gasteiger charge is -2.31. The fourth-order valence-corrected chi connectivity index (χ4v) is 4.19. The van der Waals surface area contributed by atoms with Crippen LogP contribution < -0.4 is 10.2 Å². The topological polar surface area (TPSA) is 85.6 Å². The Morgan fingerprint density at radius 3 is 2.43 bits per heavy atom. The minimum Gasteiger partial charge on any atom is -0.490 e. The number of nitriles is 1. The number of benzene rings is 2. The molecule has 0 aliphatic carbocycles. The summed E-state index contributed by atoms with van der Waals surface area (Å²) in [6, 6.07) is 11.4. The predicted octanol–water partition coefficient (Wildman–Crippen LogP) is 4.25. The van der Waals surface area contributed by atoms with Gasteiger partial charge in [-0.15, -0.1) is 0 Å². The Balaban J connectivity index is 1.59. The van der Waals surface area contributed by atoms with Crippen molar-refractivity contribution in [3.63, 3.8) is 0 Å². The number of rotatable bonds is 5. The van der Waals surface area contributed by atoms with E-state index in [1.807, 2.05) is 10.4 Å². The van der Waals surface area contributed by atoms with Gasteiger partial charge in [0.2, 0.25) is 0 Å². The lowest BCUT2D eigenvalue weighted by molar-refractivity contribution is -0.137. The number of halogens is 3. The van der Waals surface area contributed by atoms with Gasteiger partial charge in [-0.2, -0.15) is 18.4 Å². The van der Waals surface area contributed by atoms with Crippen LogP contribution in [-0.4, -0.2) is 34.6 Å². The van der Waals surface area contributed by atoms with Gasteiger partial charge in [0, 0.05) is 18.0 Å². The summed E-state index contributed by atoms with van der Waals surface area (Å²) in [6.07, 6.45) is -3.22. The average molecular weight is 437 g/mol. The highest BCUT2D eigenvalue weighted by atomic mass is 32.2. The Labute approximate surface area is 175 Å². The molecule has 3 rings (SSSR count). The number of hydrogen-bond donors (Lipinski definition) is 2. The molecule has 0 atom stereocenters. The Morgan fingerprint density at radius 2 is 1.87 bits per heavy atom. The first-order valence-electron chi connectivity index (χ1n) is 9.06. The maximum absolute atomic E-state index is 12.6. The number of ether oxygens (including phenoxy) is 1. The highest BCUT2D eigenvalue weighted by Crippen LogP contribution is 2.33. The molecule has 1 amide bonds. The Bertz CT molecular complexity index is 937. The van der Waals surface area contributed by atoms with Crippen molar-refractivity contribution in [3.8, 4) is 11.8 Å². The van der Waals surface area contributed by atoms with E-state index < -0.39 is 17.6 Å². The summed E-state index contributed by atoms with van der Waals surface area (Å²) in [6.45, 7) is 1.24. The lowest BCUT2D eigenvalue weighted by Crippen LogP contribution is -2.34. The van der Waals surface area contributed by atoms with Crippen molar-refractivity contribution in [2.75, 3.05) is 13.1 Å². The maximum Gasteiger partial charge on any atom is 0.416 e. The number of amides is 1. The van der Waals surface area contributed by atoms with Crippen molar-refractivity contribution in [3.05, 3.63) is 59.2 Å². The summed E-state index contributed by atoms with van der Waals surface area (Å²) >= 11 is 1.31. The van der Waals surface area contributed by atoms with E-state index in [0.29, 0.717) is 36.6 Å². The molecule has 1 aliphatic rings. The molecule has 0 saturated carbocycles. The number of hydroxylamine groups is 1. The standard InChI is InChI=1S/C20H18F3N3O3S/c21-20(22,23)14-4-6-15(7-5-14)29-16-8-10-26(11-9-16)30-17-3-1-2-13(12-24)18(17)19(27)25-28/h1-7,16,28H,8-11H2,(H,25,27). The third kappa shape index (κ3) is 5.24. The van der Waals surface area contributed by atoms with Gasteiger partial charge in [0.25, 0.3) is 5.91 Å². The van der Waals surface area contributed by atoms with Gasteiger partial charge in [0.1, 0.15) is 11.9 Å². The van der Waals surface area contributed by atoms with Gasteiger partial charge < -0.3 is 4.74 Å². The normalized spacial score (nSPS) is 15.4. The highest BCUT2D eigenvalue weighted by Gasteiger charge is 2.30. The highest BCUT2D eigenvalue weighted by molar-refractivity contribution is 7.97. The second-order valence-electron chi connectivity index (χ2n) is 6.59. The van der Waals surface area contributed by atoms with Gasteiger partial charge in [0.15, 0.2) is 0 Å². The number of nitrogens with one attached hydrogen (secondary N) is 1. The fraction of sp³-hybridized carbons (Fsp3) is 0.300. The minimum absolute atomic E-state index is 0.107. The molecule has 30 heavy (non-hydrogen) atoms. The fourth-order valence-electron chi connectivity index (χ4n) is 3.09. The second-order valence-corrected chi connectivity index (χ2v) is 7.73. The van der Waals surface area contributed by atoms with Crippen LogP contribution in [0.4, 0.5) is 13.2 Å². The van der Waals surface area contributed by atoms with E-state index in [9.17, 15) is 23.2 Å². The molecule has 2 aromatic carbocycles. The van der Waals surface area contributed by atoms with Crippen LogP contribution in [0.1, 0.15) is 34.3 Å². The van der Waals surface area contributed by atoms with Crippen molar-refractivity contribution in [1.82, 2.24) is 9.79 Å². The molecule has 2 aromatic rings. The zero-order chi connectivity index (χ0) is 21.7. The van der Waals surface area contributed by atoms with Crippen LogP contribution in [0.5, 0.6) is 5.75 Å². The summed E-state index contributed by atoms with van der Waals surface area (Å²) < 4.78 is 45.7. The molecule has 0 aromatic heterocycles. The number of carbonyl (C=O) groups excluding carboxylic acids is 1. The largest absolute Gasteiger partial charge is 0.490 e. The van der Waals surface area contributed by atoms with E-state index in [4.69, 9.17) is 9.94 Å². The van der Waals surface area contributed by atoms with E-state index in [1.165, 1.54) is 30.1 Å². The maximum atomic E-state index is 12.6. The molecule has 10 heteroatoms. The van der Waals surface area contributed by atoms with Gasteiger partial charge in [0.05, 0.1) is 22.8 Å². The predicted molar refractivity (Wildman–Crippen MR) is 103 cm³/mol. The van der Waals surface area contributed by atoms with Crippen LogP contribution in [0.15, 0.2) is 47.4 Å².